The third-order valence-electron chi connectivity index (χ3n) is 3.23. The van der Waals surface area contributed by atoms with Crippen molar-refractivity contribution in [2.45, 2.75) is 20.3 Å². The summed E-state index contributed by atoms with van der Waals surface area (Å²) in [5, 5.41) is 1.13. The van der Waals surface area contributed by atoms with Crippen molar-refractivity contribution in [1.29, 1.82) is 0 Å². The monoisotopic (exact) mass is 243 g/mol. The Hall–Kier alpha value is -1.77. The molecular formula is C15H21N3. The molecule has 2 rings (SSSR count). The fraction of sp³-hybridized carbons (Fsp3) is 0.400. The first-order valence-corrected chi connectivity index (χ1v) is 6.44. The normalized spacial score (nSPS) is 11.1. The minimum absolute atomic E-state index is 0.714. The lowest BCUT2D eigenvalue weighted by atomic mass is 10.1. The van der Waals surface area contributed by atoms with Crippen LogP contribution >= 0.6 is 0 Å². The van der Waals surface area contributed by atoms with Gasteiger partial charge in [0.25, 0.3) is 0 Å². The maximum absolute atomic E-state index is 5.97. The molecule has 0 atom stereocenters. The van der Waals surface area contributed by atoms with Crippen LogP contribution in [-0.2, 0) is 0 Å². The van der Waals surface area contributed by atoms with Crippen LogP contribution in [0.3, 0.4) is 0 Å². The van der Waals surface area contributed by atoms with E-state index >= 15 is 0 Å². The van der Waals surface area contributed by atoms with Gasteiger partial charge in [-0.05, 0) is 36.6 Å². The second-order valence-electron chi connectivity index (χ2n) is 5.18. The molecule has 0 bridgehead atoms. The molecule has 2 aromatic rings. The van der Waals surface area contributed by atoms with Gasteiger partial charge in [0.15, 0.2) is 0 Å². The number of anilines is 2. The van der Waals surface area contributed by atoms with E-state index in [1.807, 2.05) is 12.1 Å². The minimum Gasteiger partial charge on any atom is -0.397 e. The Morgan fingerprint density at radius 1 is 1.28 bits per heavy atom. The zero-order chi connectivity index (χ0) is 13.1. The van der Waals surface area contributed by atoms with E-state index in [0.29, 0.717) is 5.92 Å². The van der Waals surface area contributed by atoms with Crippen molar-refractivity contribution in [3.8, 4) is 0 Å². The Morgan fingerprint density at radius 3 is 2.78 bits per heavy atom. The summed E-state index contributed by atoms with van der Waals surface area (Å²) in [6.07, 6.45) is 2.97. The van der Waals surface area contributed by atoms with Crippen molar-refractivity contribution in [1.82, 2.24) is 4.98 Å². The van der Waals surface area contributed by atoms with Crippen LogP contribution in [0, 0.1) is 5.92 Å². The number of nitrogens with zero attached hydrogens (tertiary/aromatic N) is 2. The molecule has 0 saturated carbocycles. The van der Waals surface area contributed by atoms with E-state index in [9.17, 15) is 0 Å². The fourth-order valence-electron chi connectivity index (χ4n) is 2.08. The molecule has 0 radical (unpaired) electrons. The number of rotatable bonds is 4. The zero-order valence-corrected chi connectivity index (χ0v) is 11.4. The predicted molar refractivity (Wildman–Crippen MR) is 78.9 cm³/mol. The molecule has 0 fully saturated rings. The van der Waals surface area contributed by atoms with Crippen molar-refractivity contribution < 1.29 is 0 Å². The number of aromatic nitrogens is 1. The van der Waals surface area contributed by atoms with E-state index in [1.54, 1.807) is 6.20 Å². The van der Waals surface area contributed by atoms with E-state index in [0.717, 1.165) is 23.1 Å². The second kappa shape index (κ2) is 5.25. The number of hydrogen-bond acceptors (Lipinski definition) is 3. The van der Waals surface area contributed by atoms with Crippen LogP contribution in [0.5, 0.6) is 0 Å². The van der Waals surface area contributed by atoms with Crippen LogP contribution < -0.4 is 10.6 Å². The number of nitrogens with two attached hydrogens (primary N) is 1. The first kappa shape index (κ1) is 12.7. The summed E-state index contributed by atoms with van der Waals surface area (Å²) in [6, 6.07) is 8.07. The van der Waals surface area contributed by atoms with E-state index in [-0.39, 0.29) is 0 Å². The average Bonchev–Trinajstić information content (AvgIpc) is 2.37. The third-order valence-corrected chi connectivity index (χ3v) is 3.23. The molecule has 0 spiro atoms. The Labute approximate surface area is 109 Å². The van der Waals surface area contributed by atoms with Crippen molar-refractivity contribution in [2.24, 2.45) is 5.92 Å². The van der Waals surface area contributed by atoms with Gasteiger partial charge in [-0.1, -0.05) is 13.8 Å². The summed E-state index contributed by atoms with van der Waals surface area (Å²) in [7, 11) is 2.13. The van der Waals surface area contributed by atoms with Gasteiger partial charge in [0.2, 0.25) is 0 Å². The van der Waals surface area contributed by atoms with Crippen molar-refractivity contribution in [2.75, 3.05) is 24.2 Å². The van der Waals surface area contributed by atoms with E-state index < -0.39 is 0 Å². The molecule has 3 nitrogen and oxygen atoms in total. The number of fused-ring (bicyclic) bond motifs is 1. The number of pyridine rings is 1. The first-order valence-electron chi connectivity index (χ1n) is 6.44. The summed E-state index contributed by atoms with van der Waals surface area (Å²) >= 11 is 0. The molecule has 1 aromatic heterocycles. The van der Waals surface area contributed by atoms with Gasteiger partial charge in [0.1, 0.15) is 0 Å². The van der Waals surface area contributed by atoms with Gasteiger partial charge in [-0.2, -0.15) is 0 Å². The quantitative estimate of drug-likeness (QED) is 0.838. The van der Waals surface area contributed by atoms with Gasteiger partial charge in [-0.15, -0.1) is 0 Å². The van der Waals surface area contributed by atoms with Crippen LogP contribution in [0.1, 0.15) is 20.3 Å². The molecule has 1 aromatic carbocycles. The summed E-state index contributed by atoms with van der Waals surface area (Å²) in [5.74, 6) is 0.714. The highest BCUT2D eigenvalue weighted by atomic mass is 15.1. The smallest absolute Gasteiger partial charge is 0.0951 e. The first-order chi connectivity index (χ1) is 8.59. The van der Waals surface area contributed by atoms with E-state index in [4.69, 9.17) is 5.73 Å². The van der Waals surface area contributed by atoms with E-state index in [1.165, 1.54) is 12.1 Å². The minimum atomic E-state index is 0.714. The number of hydrogen-bond donors (Lipinski definition) is 1. The van der Waals surface area contributed by atoms with Crippen LogP contribution in [-0.4, -0.2) is 18.6 Å². The lowest BCUT2D eigenvalue weighted by Gasteiger charge is -2.22. The predicted octanol–water partition coefficient (Wildman–Crippen LogP) is 3.30. The molecule has 96 valence electrons. The Morgan fingerprint density at radius 2 is 2.06 bits per heavy atom. The Balaban J connectivity index is 2.36. The van der Waals surface area contributed by atoms with Crippen molar-refractivity contribution in [3.63, 3.8) is 0 Å². The summed E-state index contributed by atoms with van der Waals surface area (Å²) in [5.41, 5.74) is 8.81. The Kier molecular flexibility index (Phi) is 3.70. The Bertz CT molecular complexity index is 534. The molecule has 0 amide bonds. The maximum Gasteiger partial charge on any atom is 0.0951 e. The molecule has 0 unspecified atom stereocenters. The lowest BCUT2D eigenvalue weighted by molar-refractivity contribution is 0.585. The number of benzene rings is 1. The maximum atomic E-state index is 5.97. The molecule has 0 aliphatic carbocycles. The zero-order valence-electron chi connectivity index (χ0n) is 11.4. The third kappa shape index (κ3) is 2.55. The highest BCUT2D eigenvalue weighted by molar-refractivity contribution is 5.98. The second-order valence-corrected chi connectivity index (χ2v) is 5.18. The molecule has 2 N–H and O–H groups in total. The molecule has 0 aliphatic rings. The van der Waals surface area contributed by atoms with Crippen molar-refractivity contribution in [3.05, 3.63) is 30.5 Å². The lowest BCUT2D eigenvalue weighted by Crippen LogP contribution is -2.20. The highest BCUT2D eigenvalue weighted by Gasteiger charge is 2.09. The van der Waals surface area contributed by atoms with Gasteiger partial charge < -0.3 is 10.6 Å². The molecule has 1 heterocycles. The van der Waals surface area contributed by atoms with Gasteiger partial charge in [-0.3, -0.25) is 4.98 Å². The molecule has 3 heteroatoms. The summed E-state index contributed by atoms with van der Waals surface area (Å²) in [6.45, 7) is 5.54. The topological polar surface area (TPSA) is 42.1 Å². The summed E-state index contributed by atoms with van der Waals surface area (Å²) in [4.78, 5) is 6.65. The van der Waals surface area contributed by atoms with Gasteiger partial charge in [0, 0.05) is 30.9 Å². The molecule has 0 saturated heterocycles. The molecule has 18 heavy (non-hydrogen) atoms. The van der Waals surface area contributed by atoms with Crippen LogP contribution in [0.2, 0.25) is 0 Å². The standard InChI is InChI=1S/C15H21N3/c1-11(2)8-10-18(3)14-7-6-13(16)15-12(14)5-4-9-17-15/h4-7,9,11H,8,10,16H2,1-3H3. The van der Waals surface area contributed by atoms with Crippen LogP contribution in [0.25, 0.3) is 10.9 Å². The largest absolute Gasteiger partial charge is 0.397 e. The van der Waals surface area contributed by atoms with Crippen molar-refractivity contribution >= 4 is 22.3 Å². The molecule has 0 aliphatic heterocycles. The fourth-order valence-corrected chi connectivity index (χ4v) is 2.08. The SMILES string of the molecule is CC(C)CCN(C)c1ccc(N)c2ncccc12. The van der Waals surface area contributed by atoms with Crippen LogP contribution in [0.4, 0.5) is 11.4 Å². The van der Waals surface area contributed by atoms with Crippen LogP contribution in [0.15, 0.2) is 30.5 Å². The van der Waals surface area contributed by atoms with E-state index in [2.05, 4.69) is 42.9 Å². The highest BCUT2D eigenvalue weighted by Crippen LogP contribution is 2.28. The average molecular weight is 243 g/mol. The van der Waals surface area contributed by atoms with Gasteiger partial charge >= 0.3 is 0 Å². The number of nitrogen functional groups attached to an aromatic ring is 1. The van der Waals surface area contributed by atoms with Gasteiger partial charge in [0.05, 0.1) is 11.2 Å². The van der Waals surface area contributed by atoms with Gasteiger partial charge in [-0.25, -0.2) is 0 Å². The molecular weight excluding hydrogens is 222 g/mol. The summed E-state index contributed by atoms with van der Waals surface area (Å²) < 4.78 is 0.